The third-order valence-electron chi connectivity index (χ3n) is 1.64. The number of aliphatic carboxylic acids is 1. The molecule has 0 aromatic carbocycles. The summed E-state index contributed by atoms with van der Waals surface area (Å²) in [5, 5.41) is 8.80. The maximum atomic E-state index is 11.3. The summed E-state index contributed by atoms with van der Waals surface area (Å²) in [6, 6.07) is 0. The van der Waals surface area contributed by atoms with Crippen LogP contribution < -0.4 is 0 Å². The molecule has 0 aliphatic carbocycles. The summed E-state index contributed by atoms with van der Waals surface area (Å²) in [6.07, 6.45) is 0.0532. The molecule has 0 radical (unpaired) electrons. The van der Waals surface area contributed by atoms with E-state index in [0.717, 1.165) is 0 Å². The van der Waals surface area contributed by atoms with E-state index in [1.165, 1.54) is 0 Å². The van der Waals surface area contributed by atoms with E-state index in [-0.39, 0.29) is 12.0 Å². The van der Waals surface area contributed by atoms with E-state index in [9.17, 15) is 9.59 Å². The number of carbonyl (C=O) groups is 2. The van der Waals surface area contributed by atoms with Crippen LogP contribution in [0.5, 0.6) is 0 Å². The number of carbonyl (C=O) groups excluding carboxylic acids is 1. The molecule has 0 heterocycles. The summed E-state index contributed by atoms with van der Waals surface area (Å²) in [4.78, 5) is 22.1. The molecular formula is C10H18O4. The Morgan fingerprint density at radius 2 is 1.71 bits per heavy atom. The van der Waals surface area contributed by atoms with Crippen molar-refractivity contribution in [1.29, 1.82) is 0 Å². The van der Waals surface area contributed by atoms with Gasteiger partial charge in [-0.25, -0.2) is 0 Å². The van der Waals surface area contributed by atoms with Crippen LogP contribution in [-0.4, -0.2) is 23.1 Å². The first-order valence-corrected chi connectivity index (χ1v) is 4.77. The minimum atomic E-state index is -1.11. The van der Waals surface area contributed by atoms with E-state index in [4.69, 9.17) is 9.84 Å². The van der Waals surface area contributed by atoms with E-state index in [1.807, 2.05) is 13.8 Å². The first-order chi connectivity index (χ1) is 6.34. The minimum Gasteiger partial charge on any atom is -0.481 e. The molecule has 1 unspecified atom stereocenters. The predicted molar refractivity (Wildman–Crippen MR) is 51.8 cm³/mol. The lowest BCUT2D eigenvalue weighted by atomic mass is 9.97. The third-order valence-corrected chi connectivity index (χ3v) is 1.64. The van der Waals surface area contributed by atoms with Crippen molar-refractivity contribution in [1.82, 2.24) is 0 Å². The minimum absolute atomic E-state index is 0.163. The highest BCUT2D eigenvalue weighted by molar-refractivity contribution is 5.93. The van der Waals surface area contributed by atoms with Gasteiger partial charge in [-0.1, -0.05) is 13.8 Å². The zero-order valence-corrected chi connectivity index (χ0v) is 9.11. The summed E-state index contributed by atoms with van der Waals surface area (Å²) in [6.45, 7) is 7.15. The molecule has 0 aromatic heterocycles. The van der Waals surface area contributed by atoms with Gasteiger partial charge in [0.1, 0.15) is 0 Å². The number of ether oxygens (including phenoxy) is 1. The summed E-state index contributed by atoms with van der Waals surface area (Å²) in [5.74, 6) is -2.61. The van der Waals surface area contributed by atoms with Crippen LogP contribution in [0, 0.1) is 11.8 Å². The zero-order chi connectivity index (χ0) is 11.3. The molecule has 14 heavy (non-hydrogen) atoms. The molecule has 4 nitrogen and oxygen atoms in total. The van der Waals surface area contributed by atoms with Crippen molar-refractivity contribution in [3.63, 3.8) is 0 Å². The van der Waals surface area contributed by atoms with E-state index >= 15 is 0 Å². The van der Waals surface area contributed by atoms with Gasteiger partial charge in [-0.3, -0.25) is 9.59 Å². The van der Waals surface area contributed by atoms with Gasteiger partial charge >= 0.3 is 11.9 Å². The molecule has 0 saturated carbocycles. The van der Waals surface area contributed by atoms with Crippen molar-refractivity contribution < 1.29 is 19.4 Å². The Morgan fingerprint density at radius 3 is 2.00 bits per heavy atom. The van der Waals surface area contributed by atoms with Crippen LogP contribution in [0.2, 0.25) is 0 Å². The maximum Gasteiger partial charge on any atom is 0.320 e. The molecule has 1 atom stereocenters. The molecule has 0 rings (SSSR count). The van der Waals surface area contributed by atoms with E-state index in [1.54, 1.807) is 13.8 Å². The topological polar surface area (TPSA) is 63.6 Å². The fourth-order valence-electron chi connectivity index (χ4n) is 1.08. The Bertz CT molecular complexity index is 208. The summed E-state index contributed by atoms with van der Waals surface area (Å²) in [5.41, 5.74) is 0. The van der Waals surface area contributed by atoms with Gasteiger partial charge < -0.3 is 9.84 Å². The van der Waals surface area contributed by atoms with Crippen LogP contribution in [0.1, 0.15) is 34.1 Å². The molecule has 0 saturated heterocycles. The van der Waals surface area contributed by atoms with Gasteiger partial charge in [-0.15, -0.1) is 0 Å². The van der Waals surface area contributed by atoms with E-state index in [0.29, 0.717) is 6.42 Å². The monoisotopic (exact) mass is 202 g/mol. The van der Waals surface area contributed by atoms with E-state index < -0.39 is 17.9 Å². The van der Waals surface area contributed by atoms with Crippen LogP contribution >= 0.6 is 0 Å². The summed E-state index contributed by atoms with van der Waals surface area (Å²) in [7, 11) is 0. The van der Waals surface area contributed by atoms with Crippen molar-refractivity contribution in [2.75, 3.05) is 0 Å². The second kappa shape index (κ2) is 5.62. The fourth-order valence-corrected chi connectivity index (χ4v) is 1.08. The van der Waals surface area contributed by atoms with Gasteiger partial charge in [0.2, 0.25) is 0 Å². The number of esters is 1. The molecular weight excluding hydrogens is 184 g/mol. The Morgan fingerprint density at radius 1 is 1.21 bits per heavy atom. The maximum absolute atomic E-state index is 11.3. The summed E-state index contributed by atoms with van der Waals surface area (Å²) >= 11 is 0. The molecule has 0 aliphatic rings. The van der Waals surface area contributed by atoms with Crippen LogP contribution in [0.25, 0.3) is 0 Å². The van der Waals surface area contributed by atoms with Gasteiger partial charge in [0.25, 0.3) is 0 Å². The van der Waals surface area contributed by atoms with Crippen molar-refractivity contribution in [3.05, 3.63) is 0 Å². The van der Waals surface area contributed by atoms with Crippen molar-refractivity contribution in [2.24, 2.45) is 11.8 Å². The van der Waals surface area contributed by atoms with Gasteiger partial charge in [-0.2, -0.15) is 0 Å². The van der Waals surface area contributed by atoms with Crippen LogP contribution in [-0.2, 0) is 14.3 Å². The second-order valence-corrected chi connectivity index (χ2v) is 4.01. The first-order valence-electron chi connectivity index (χ1n) is 4.77. The average Bonchev–Trinajstić information content (AvgIpc) is 1.97. The van der Waals surface area contributed by atoms with Gasteiger partial charge in [-0.05, 0) is 26.2 Å². The number of hydrogen-bond donors (Lipinski definition) is 1. The molecule has 0 fully saturated rings. The van der Waals surface area contributed by atoms with E-state index in [2.05, 4.69) is 0 Å². The highest BCUT2D eigenvalue weighted by atomic mass is 16.5. The molecule has 0 aliphatic heterocycles. The Kier molecular flexibility index (Phi) is 5.20. The predicted octanol–water partition coefficient (Wildman–Crippen LogP) is 1.68. The van der Waals surface area contributed by atoms with Gasteiger partial charge in [0.15, 0.2) is 5.92 Å². The van der Waals surface area contributed by atoms with Crippen LogP contribution in [0.3, 0.4) is 0 Å². The number of hydrogen-bond acceptors (Lipinski definition) is 3. The van der Waals surface area contributed by atoms with Crippen molar-refractivity contribution in [3.8, 4) is 0 Å². The number of carboxylic acids is 1. The average molecular weight is 202 g/mol. The first kappa shape index (κ1) is 12.9. The lowest BCUT2D eigenvalue weighted by molar-refractivity contribution is -0.162. The zero-order valence-electron chi connectivity index (χ0n) is 9.11. The molecule has 82 valence electrons. The van der Waals surface area contributed by atoms with Gasteiger partial charge in [0, 0.05) is 0 Å². The SMILES string of the molecule is CC(C)CC(C(=O)O)C(=O)OC(C)C. The number of carboxylic acid groups (broad SMARTS) is 1. The second-order valence-electron chi connectivity index (χ2n) is 4.01. The fraction of sp³-hybridized carbons (Fsp3) is 0.800. The molecule has 0 aromatic rings. The lowest BCUT2D eigenvalue weighted by Gasteiger charge is -2.15. The Labute approximate surface area is 84.3 Å². The number of rotatable bonds is 5. The molecule has 4 heteroatoms. The highest BCUT2D eigenvalue weighted by Crippen LogP contribution is 2.14. The van der Waals surface area contributed by atoms with Crippen LogP contribution in [0.15, 0.2) is 0 Å². The molecule has 0 spiro atoms. The quantitative estimate of drug-likeness (QED) is 0.544. The lowest BCUT2D eigenvalue weighted by Crippen LogP contribution is -2.29. The van der Waals surface area contributed by atoms with Crippen molar-refractivity contribution >= 4 is 11.9 Å². The molecule has 1 N–H and O–H groups in total. The largest absolute Gasteiger partial charge is 0.481 e. The van der Waals surface area contributed by atoms with Gasteiger partial charge in [0.05, 0.1) is 6.10 Å². The van der Waals surface area contributed by atoms with Crippen molar-refractivity contribution in [2.45, 2.75) is 40.2 Å². The van der Waals surface area contributed by atoms with Crippen LogP contribution in [0.4, 0.5) is 0 Å². The Hall–Kier alpha value is -1.06. The molecule has 0 bridgehead atoms. The smallest absolute Gasteiger partial charge is 0.320 e. The molecule has 0 amide bonds. The normalized spacial score (nSPS) is 13.0. The third kappa shape index (κ3) is 4.84. The highest BCUT2D eigenvalue weighted by Gasteiger charge is 2.29. The Balaban J connectivity index is 4.34. The summed E-state index contributed by atoms with van der Waals surface area (Å²) < 4.78 is 4.85. The standard InChI is InChI=1S/C10H18O4/c1-6(2)5-8(9(11)12)10(13)14-7(3)4/h6-8H,5H2,1-4H3,(H,11,12).